The van der Waals surface area contributed by atoms with E-state index in [0.29, 0.717) is 13.0 Å². The van der Waals surface area contributed by atoms with E-state index in [4.69, 9.17) is 5.11 Å². The third-order valence-corrected chi connectivity index (χ3v) is 3.84. The number of rotatable bonds is 7. The summed E-state index contributed by atoms with van der Waals surface area (Å²) in [7, 11) is -3.42. The number of sulfonamides is 1. The minimum Gasteiger partial charge on any atom is -0.396 e. The van der Waals surface area contributed by atoms with Crippen molar-refractivity contribution in [2.75, 3.05) is 13.2 Å². The van der Waals surface area contributed by atoms with E-state index in [1.807, 2.05) is 38.1 Å². The van der Waals surface area contributed by atoms with Gasteiger partial charge in [-0.05, 0) is 30.9 Å². The maximum atomic E-state index is 11.7. The molecule has 0 saturated carbocycles. The Bertz CT molecular complexity index is 506. The summed E-state index contributed by atoms with van der Waals surface area (Å²) in [6.07, 6.45) is 2.16. The zero-order chi connectivity index (χ0) is 14.3. The molecule has 0 aliphatic carbocycles. The highest BCUT2D eigenvalue weighted by molar-refractivity contribution is 7.92. The van der Waals surface area contributed by atoms with Crippen LogP contribution in [0.5, 0.6) is 0 Å². The molecular formula is C14H21NO3S. The normalized spacial score (nSPS) is 13.8. The van der Waals surface area contributed by atoms with Gasteiger partial charge < -0.3 is 5.11 Å². The molecule has 1 atom stereocenters. The standard InChI is InChI=1S/C14H21NO3S/c1-12-3-5-14(6-4-12)8-10-19(17,18)15-11-13(2)7-9-16/h3-6,8,10,13,15-16H,7,9,11H2,1-2H3/b10-8+. The van der Waals surface area contributed by atoms with Crippen molar-refractivity contribution in [3.05, 3.63) is 40.8 Å². The van der Waals surface area contributed by atoms with E-state index >= 15 is 0 Å². The molecule has 0 fully saturated rings. The smallest absolute Gasteiger partial charge is 0.233 e. The Morgan fingerprint density at radius 2 is 1.95 bits per heavy atom. The van der Waals surface area contributed by atoms with Crippen molar-refractivity contribution in [2.24, 2.45) is 5.92 Å². The molecule has 1 aromatic rings. The molecule has 1 aromatic carbocycles. The van der Waals surface area contributed by atoms with Crippen LogP contribution in [0, 0.1) is 12.8 Å². The van der Waals surface area contributed by atoms with E-state index in [9.17, 15) is 8.42 Å². The summed E-state index contributed by atoms with van der Waals surface area (Å²) in [5, 5.41) is 9.92. The van der Waals surface area contributed by atoms with E-state index in [-0.39, 0.29) is 12.5 Å². The summed E-state index contributed by atoms with van der Waals surface area (Å²) >= 11 is 0. The Morgan fingerprint density at radius 3 is 2.53 bits per heavy atom. The van der Waals surface area contributed by atoms with Gasteiger partial charge in [-0.15, -0.1) is 0 Å². The predicted molar refractivity (Wildman–Crippen MR) is 78.0 cm³/mol. The monoisotopic (exact) mass is 283 g/mol. The Balaban J connectivity index is 2.56. The number of benzene rings is 1. The lowest BCUT2D eigenvalue weighted by Gasteiger charge is -2.09. The van der Waals surface area contributed by atoms with Gasteiger partial charge in [-0.3, -0.25) is 0 Å². The molecule has 19 heavy (non-hydrogen) atoms. The molecule has 0 heterocycles. The second kappa shape index (κ2) is 7.43. The lowest BCUT2D eigenvalue weighted by molar-refractivity contribution is 0.263. The Kier molecular flexibility index (Phi) is 6.21. The largest absolute Gasteiger partial charge is 0.396 e. The van der Waals surface area contributed by atoms with Crippen molar-refractivity contribution in [3.8, 4) is 0 Å². The molecule has 0 aromatic heterocycles. The average molecular weight is 283 g/mol. The van der Waals surface area contributed by atoms with Crippen LogP contribution in [0.15, 0.2) is 29.7 Å². The molecule has 0 aliphatic rings. The number of aryl methyl sites for hydroxylation is 1. The van der Waals surface area contributed by atoms with Gasteiger partial charge in [-0.25, -0.2) is 13.1 Å². The van der Waals surface area contributed by atoms with Gasteiger partial charge in [0.2, 0.25) is 10.0 Å². The van der Waals surface area contributed by atoms with Gasteiger partial charge in [0.05, 0.1) is 0 Å². The molecule has 0 spiro atoms. The second-order valence-electron chi connectivity index (χ2n) is 4.72. The fourth-order valence-electron chi connectivity index (χ4n) is 1.47. The molecule has 0 bridgehead atoms. The molecule has 1 rings (SSSR count). The summed E-state index contributed by atoms with van der Waals surface area (Å²) in [5.74, 6) is 0.118. The Morgan fingerprint density at radius 1 is 1.32 bits per heavy atom. The van der Waals surface area contributed by atoms with E-state index in [1.165, 1.54) is 5.41 Å². The third kappa shape index (κ3) is 6.52. The first kappa shape index (κ1) is 15.9. The SMILES string of the molecule is Cc1ccc(/C=C/S(=O)(=O)NCC(C)CCO)cc1. The summed E-state index contributed by atoms with van der Waals surface area (Å²) < 4.78 is 25.9. The van der Waals surface area contributed by atoms with Crippen LogP contribution in [0.4, 0.5) is 0 Å². The van der Waals surface area contributed by atoms with Crippen LogP contribution in [0.3, 0.4) is 0 Å². The molecule has 2 N–H and O–H groups in total. The first-order chi connectivity index (χ1) is 8.93. The van der Waals surface area contributed by atoms with Crippen molar-refractivity contribution in [1.29, 1.82) is 0 Å². The number of hydrogen-bond donors (Lipinski definition) is 2. The number of aliphatic hydroxyl groups is 1. The predicted octanol–water partition coefficient (Wildman–Crippen LogP) is 1.90. The average Bonchev–Trinajstić information content (AvgIpc) is 2.36. The van der Waals surface area contributed by atoms with Crippen molar-refractivity contribution in [1.82, 2.24) is 4.72 Å². The van der Waals surface area contributed by atoms with Crippen LogP contribution in [-0.2, 0) is 10.0 Å². The number of hydrogen-bond acceptors (Lipinski definition) is 3. The topological polar surface area (TPSA) is 66.4 Å². The fraction of sp³-hybridized carbons (Fsp3) is 0.429. The van der Waals surface area contributed by atoms with Crippen molar-refractivity contribution < 1.29 is 13.5 Å². The highest BCUT2D eigenvalue weighted by atomic mass is 32.2. The maximum Gasteiger partial charge on any atom is 0.233 e. The van der Waals surface area contributed by atoms with Crippen LogP contribution in [0.1, 0.15) is 24.5 Å². The number of nitrogens with one attached hydrogen (secondary N) is 1. The van der Waals surface area contributed by atoms with E-state index in [0.717, 1.165) is 11.1 Å². The van der Waals surface area contributed by atoms with Crippen LogP contribution >= 0.6 is 0 Å². The van der Waals surface area contributed by atoms with Gasteiger partial charge in [-0.2, -0.15) is 0 Å². The van der Waals surface area contributed by atoms with Crippen LogP contribution in [-0.4, -0.2) is 26.7 Å². The minimum atomic E-state index is -3.42. The quantitative estimate of drug-likeness (QED) is 0.803. The van der Waals surface area contributed by atoms with Gasteiger partial charge in [0.25, 0.3) is 0 Å². The van der Waals surface area contributed by atoms with Crippen LogP contribution in [0.25, 0.3) is 6.08 Å². The second-order valence-corrected chi connectivity index (χ2v) is 6.38. The number of aliphatic hydroxyl groups excluding tert-OH is 1. The van der Waals surface area contributed by atoms with Gasteiger partial charge in [-0.1, -0.05) is 36.8 Å². The Hall–Kier alpha value is -1.17. The van der Waals surface area contributed by atoms with Gasteiger partial charge in [0.1, 0.15) is 0 Å². The molecular weight excluding hydrogens is 262 g/mol. The van der Waals surface area contributed by atoms with E-state index < -0.39 is 10.0 Å². The van der Waals surface area contributed by atoms with Gasteiger partial charge in [0, 0.05) is 18.6 Å². The van der Waals surface area contributed by atoms with Crippen molar-refractivity contribution in [3.63, 3.8) is 0 Å². The fourth-order valence-corrected chi connectivity index (χ4v) is 2.42. The highest BCUT2D eigenvalue weighted by Crippen LogP contribution is 2.06. The third-order valence-electron chi connectivity index (χ3n) is 2.77. The minimum absolute atomic E-state index is 0.0715. The van der Waals surface area contributed by atoms with Gasteiger partial charge >= 0.3 is 0 Å². The zero-order valence-corrected chi connectivity index (χ0v) is 12.2. The molecule has 5 heteroatoms. The molecule has 0 amide bonds. The lowest BCUT2D eigenvalue weighted by Crippen LogP contribution is -2.27. The first-order valence-corrected chi connectivity index (χ1v) is 7.83. The molecule has 1 unspecified atom stereocenters. The van der Waals surface area contributed by atoms with Crippen LogP contribution in [0.2, 0.25) is 0 Å². The molecule has 0 aliphatic heterocycles. The van der Waals surface area contributed by atoms with Crippen molar-refractivity contribution >= 4 is 16.1 Å². The first-order valence-electron chi connectivity index (χ1n) is 6.28. The summed E-state index contributed by atoms with van der Waals surface area (Å²) in [4.78, 5) is 0. The molecule has 106 valence electrons. The zero-order valence-electron chi connectivity index (χ0n) is 11.3. The van der Waals surface area contributed by atoms with Gasteiger partial charge in [0.15, 0.2) is 0 Å². The summed E-state index contributed by atoms with van der Waals surface area (Å²) in [5.41, 5.74) is 1.98. The summed E-state index contributed by atoms with van der Waals surface area (Å²) in [6.45, 7) is 4.28. The van der Waals surface area contributed by atoms with E-state index in [1.54, 1.807) is 6.08 Å². The molecule has 4 nitrogen and oxygen atoms in total. The Labute approximate surface area is 115 Å². The molecule has 0 saturated heterocycles. The van der Waals surface area contributed by atoms with Crippen LogP contribution < -0.4 is 4.72 Å². The summed E-state index contributed by atoms with van der Waals surface area (Å²) in [6, 6.07) is 7.61. The highest BCUT2D eigenvalue weighted by Gasteiger charge is 2.08. The van der Waals surface area contributed by atoms with Crippen molar-refractivity contribution in [2.45, 2.75) is 20.3 Å². The maximum absolute atomic E-state index is 11.7. The lowest BCUT2D eigenvalue weighted by atomic mass is 10.1. The van der Waals surface area contributed by atoms with E-state index in [2.05, 4.69) is 4.72 Å². The molecule has 0 radical (unpaired) electrons.